The van der Waals surface area contributed by atoms with Gasteiger partial charge in [-0.3, -0.25) is 9.69 Å². The van der Waals surface area contributed by atoms with Crippen molar-refractivity contribution in [3.05, 3.63) is 35.5 Å². The molecule has 1 aliphatic carbocycles. The molecule has 3 fully saturated rings. The van der Waals surface area contributed by atoms with E-state index in [4.69, 9.17) is 0 Å². The van der Waals surface area contributed by atoms with Crippen molar-refractivity contribution in [2.45, 2.75) is 89.1 Å². The number of benzene rings is 1. The van der Waals surface area contributed by atoms with Crippen molar-refractivity contribution < 1.29 is 23.1 Å². The molecule has 3 aliphatic rings. The number of aromatic nitrogens is 1. The predicted octanol–water partition coefficient (Wildman–Crippen LogP) is 6.07. The van der Waals surface area contributed by atoms with E-state index in [1.54, 1.807) is 18.3 Å². The van der Waals surface area contributed by atoms with E-state index in [0.29, 0.717) is 30.7 Å². The highest BCUT2D eigenvalue weighted by Crippen LogP contribution is 2.42. The Bertz CT molecular complexity index is 1050. The van der Waals surface area contributed by atoms with Gasteiger partial charge in [-0.05, 0) is 74.3 Å². The maximum Gasteiger partial charge on any atom is 0.420 e. The van der Waals surface area contributed by atoms with Crippen LogP contribution in [0, 0.1) is 11.8 Å². The summed E-state index contributed by atoms with van der Waals surface area (Å²) in [4.78, 5) is 18.0. The number of anilines is 1. The number of hydrogen-bond acceptors (Lipinski definition) is 4. The number of nitrogens with zero attached hydrogens (tertiary/aromatic N) is 2. The van der Waals surface area contributed by atoms with Gasteiger partial charge in [0.2, 0.25) is 0 Å². The minimum absolute atomic E-state index is 0.0192. The Morgan fingerprint density at radius 1 is 1.12 bits per heavy atom. The molecule has 2 atom stereocenters. The van der Waals surface area contributed by atoms with Gasteiger partial charge in [-0.2, -0.15) is 13.2 Å². The number of carbonyl (C=O) groups is 1. The number of fused-ring (bicyclic) bond motifs is 3. The predicted molar refractivity (Wildman–Crippen MR) is 125 cm³/mol. The number of piperidine rings is 1. The van der Waals surface area contributed by atoms with Crippen LogP contribution in [0.1, 0.15) is 69.4 Å². The zero-order chi connectivity index (χ0) is 24.0. The molecule has 5 nitrogen and oxygen atoms in total. The van der Waals surface area contributed by atoms with Gasteiger partial charge in [0.15, 0.2) is 0 Å². The lowest BCUT2D eigenvalue weighted by Crippen LogP contribution is -2.44. The fourth-order valence-electron chi connectivity index (χ4n) is 6.31. The average Bonchev–Trinajstić information content (AvgIpc) is 3.00. The van der Waals surface area contributed by atoms with Crippen molar-refractivity contribution in [3.8, 4) is 0 Å². The second kappa shape index (κ2) is 9.02. The van der Waals surface area contributed by atoms with Crippen LogP contribution in [0.3, 0.4) is 0 Å². The Morgan fingerprint density at radius 2 is 1.79 bits per heavy atom. The van der Waals surface area contributed by atoms with Crippen LogP contribution in [0.4, 0.5) is 19.0 Å². The summed E-state index contributed by atoms with van der Waals surface area (Å²) in [6, 6.07) is 5.65. The van der Waals surface area contributed by atoms with Crippen LogP contribution < -0.4 is 5.32 Å². The Hall–Kier alpha value is -2.35. The summed E-state index contributed by atoms with van der Waals surface area (Å²) in [5, 5.41) is 13.2. The molecule has 2 saturated heterocycles. The Labute approximate surface area is 197 Å². The average molecular weight is 476 g/mol. The summed E-state index contributed by atoms with van der Waals surface area (Å²) in [6.07, 6.45) is 4.05. The second-order valence-corrected chi connectivity index (χ2v) is 10.6. The summed E-state index contributed by atoms with van der Waals surface area (Å²) < 4.78 is 42.4. The van der Waals surface area contributed by atoms with E-state index in [9.17, 15) is 23.1 Å². The maximum atomic E-state index is 14.1. The highest BCUT2D eigenvalue weighted by Gasteiger charge is 2.43. The van der Waals surface area contributed by atoms with Crippen LogP contribution in [0.5, 0.6) is 0 Å². The third-order valence-electron chi connectivity index (χ3n) is 8.19. The van der Waals surface area contributed by atoms with E-state index in [1.807, 2.05) is 6.07 Å². The Kier molecular flexibility index (Phi) is 6.21. The molecule has 0 spiro atoms. The monoisotopic (exact) mass is 475 g/mol. The molecule has 0 radical (unpaired) electrons. The lowest BCUT2D eigenvalue weighted by molar-refractivity contribution is -0.144. The first-order valence-electron chi connectivity index (χ1n) is 12.4. The molecule has 1 aromatic heterocycles. The zero-order valence-electron chi connectivity index (χ0n) is 19.4. The summed E-state index contributed by atoms with van der Waals surface area (Å²) in [5.74, 6) is -0.461. The topological polar surface area (TPSA) is 65.5 Å². The minimum atomic E-state index is -4.50. The number of nitrogens with one attached hydrogen (secondary N) is 1. The van der Waals surface area contributed by atoms with Crippen LogP contribution in [0.2, 0.25) is 0 Å². The highest BCUT2D eigenvalue weighted by molar-refractivity contribution is 5.89. The second-order valence-electron chi connectivity index (χ2n) is 10.6. The van der Waals surface area contributed by atoms with E-state index in [2.05, 4.69) is 22.1 Å². The van der Waals surface area contributed by atoms with E-state index < -0.39 is 17.7 Å². The summed E-state index contributed by atoms with van der Waals surface area (Å²) in [6.45, 7) is 2.81. The van der Waals surface area contributed by atoms with E-state index in [1.165, 1.54) is 0 Å². The van der Waals surface area contributed by atoms with Gasteiger partial charge in [-0.1, -0.05) is 19.1 Å². The van der Waals surface area contributed by atoms with Gasteiger partial charge in [-0.25, -0.2) is 4.98 Å². The Morgan fingerprint density at radius 3 is 2.41 bits per heavy atom. The van der Waals surface area contributed by atoms with Crippen LogP contribution in [0.25, 0.3) is 10.8 Å². The summed E-state index contributed by atoms with van der Waals surface area (Å²) >= 11 is 0. The number of aliphatic carboxylic acids is 1. The number of carboxylic acid groups (broad SMARTS) is 1. The van der Waals surface area contributed by atoms with Crippen LogP contribution in [0.15, 0.2) is 24.4 Å². The molecule has 2 unspecified atom stereocenters. The minimum Gasteiger partial charge on any atom is -0.481 e. The molecule has 2 N–H and O–H groups in total. The van der Waals surface area contributed by atoms with Crippen molar-refractivity contribution in [2.75, 3.05) is 5.32 Å². The van der Waals surface area contributed by atoms with Gasteiger partial charge in [0.25, 0.3) is 0 Å². The SMILES string of the molecule is C[C@H]1CC[C@H](Nc2ncc3cc(CN4C5CCC4CC(C(=O)O)C5)ccc3c2C(F)(F)F)CC1. The third kappa shape index (κ3) is 4.61. The first-order valence-corrected chi connectivity index (χ1v) is 12.4. The first kappa shape index (κ1) is 23.4. The van der Waals surface area contributed by atoms with E-state index >= 15 is 0 Å². The van der Waals surface area contributed by atoms with E-state index in [0.717, 1.165) is 44.1 Å². The molecule has 1 saturated carbocycles. The van der Waals surface area contributed by atoms with Gasteiger partial charge in [0, 0.05) is 36.3 Å². The number of carboxylic acids is 1. The summed E-state index contributed by atoms with van der Waals surface area (Å²) in [7, 11) is 0. The molecule has 34 heavy (non-hydrogen) atoms. The fourth-order valence-corrected chi connectivity index (χ4v) is 6.31. The van der Waals surface area contributed by atoms with Crippen molar-refractivity contribution >= 4 is 22.6 Å². The lowest BCUT2D eigenvalue weighted by atomic mass is 9.87. The maximum absolute atomic E-state index is 14.1. The van der Waals surface area contributed by atoms with Crippen LogP contribution in [-0.4, -0.2) is 39.1 Å². The Balaban J connectivity index is 1.39. The van der Waals surface area contributed by atoms with Gasteiger partial charge in [0.05, 0.1) is 5.92 Å². The number of hydrogen-bond donors (Lipinski definition) is 2. The normalized spacial score (nSPS) is 29.9. The van der Waals surface area contributed by atoms with Crippen molar-refractivity contribution in [3.63, 3.8) is 0 Å². The molecule has 2 aliphatic heterocycles. The van der Waals surface area contributed by atoms with Gasteiger partial charge in [-0.15, -0.1) is 0 Å². The number of rotatable bonds is 5. The molecule has 2 bridgehead atoms. The molecule has 2 aromatic rings. The quantitative estimate of drug-likeness (QED) is 0.549. The van der Waals surface area contributed by atoms with Crippen molar-refractivity contribution in [1.82, 2.24) is 9.88 Å². The standard InChI is InChI=1S/C26H32F3N3O2/c1-15-2-5-19(6-3-15)31-24-23(26(27,28)29)22-9-4-16(10-18(22)13-30-24)14-32-20-7-8-21(32)12-17(11-20)25(33)34/h4,9-10,13,15,17,19-21H,2-3,5-8,11-12,14H2,1H3,(H,30,31)(H,33,34)/t15-,17?,19-,20?,21?. The zero-order valence-corrected chi connectivity index (χ0v) is 19.4. The number of halogens is 3. The molecule has 1 aromatic carbocycles. The van der Waals surface area contributed by atoms with Crippen molar-refractivity contribution in [2.24, 2.45) is 11.8 Å². The molecule has 8 heteroatoms. The molecular formula is C26H32F3N3O2. The highest BCUT2D eigenvalue weighted by atomic mass is 19.4. The van der Waals surface area contributed by atoms with Gasteiger partial charge >= 0.3 is 12.1 Å². The smallest absolute Gasteiger partial charge is 0.420 e. The van der Waals surface area contributed by atoms with Gasteiger partial charge < -0.3 is 10.4 Å². The molecule has 5 rings (SSSR count). The molecule has 3 heterocycles. The first-order chi connectivity index (χ1) is 16.2. The third-order valence-corrected chi connectivity index (χ3v) is 8.19. The number of pyridine rings is 1. The lowest BCUT2D eigenvalue weighted by Gasteiger charge is -2.37. The molecule has 184 valence electrons. The molecule has 0 amide bonds. The summed E-state index contributed by atoms with van der Waals surface area (Å²) in [5.41, 5.74) is 0.257. The fraction of sp³-hybridized carbons (Fsp3) is 0.615. The largest absolute Gasteiger partial charge is 0.481 e. The molecular weight excluding hydrogens is 443 g/mol. The van der Waals surface area contributed by atoms with Gasteiger partial charge in [0.1, 0.15) is 11.4 Å². The van der Waals surface area contributed by atoms with Crippen LogP contribution in [-0.2, 0) is 17.5 Å². The van der Waals surface area contributed by atoms with Crippen LogP contribution >= 0.6 is 0 Å². The van der Waals surface area contributed by atoms with E-state index in [-0.39, 0.29) is 35.2 Å². The van der Waals surface area contributed by atoms with Crippen molar-refractivity contribution in [1.29, 1.82) is 0 Å². The number of alkyl halides is 3.